The molecule has 5 heteroatoms. The molecule has 0 unspecified atom stereocenters. The van der Waals surface area contributed by atoms with E-state index in [1.165, 1.54) is 15.6 Å². The molecule has 0 aliphatic carbocycles. The van der Waals surface area contributed by atoms with Gasteiger partial charge in [0.2, 0.25) is 0 Å². The smallest absolute Gasteiger partial charge is 0.271 e. The minimum absolute atomic E-state index is 0.248. The van der Waals surface area contributed by atoms with Gasteiger partial charge in [-0.2, -0.15) is 5.10 Å². The fourth-order valence-corrected chi connectivity index (χ4v) is 3.36. The highest BCUT2D eigenvalue weighted by atomic mass is 32.1. The van der Waals surface area contributed by atoms with Crippen molar-refractivity contribution in [3.63, 3.8) is 0 Å². The first-order chi connectivity index (χ1) is 11.2. The summed E-state index contributed by atoms with van der Waals surface area (Å²) < 4.78 is 6.29. The van der Waals surface area contributed by atoms with E-state index in [2.05, 4.69) is 29.6 Å². The van der Waals surface area contributed by atoms with Gasteiger partial charge in [-0.3, -0.25) is 4.79 Å². The van der Waals surface area contributed by atoms with Gasteiger partial charge in [0.05, 0.1) is 18.2 Å². The summed E-state index contributed by atoms with van der Waals surface area (Å²) in [7, 11) is 1.59. The molecule has 0 saturated carbocycles. The number of aryl methyl sites for hydroxylation is 1. The number of amides is 1. The van der Waals surface area contributed by atoms with Crippen LogP contribution in [0.2, 0.25) is 0 Å². The molecule has 0 aliphatic rings. The lowest BCUT2D eigenvalue weighted by molar-refractivity contribution is 0.0955. The van der Waals surface area contributed by atoms with E-state index in [4.69, 9.17) is 4.74 Å². The van der Waals surface area contributed by atoms with E-state index in [1.54, 1.807) is 48.9 Å². The number of fused-ring (bicyclic) bond motifs is 1. The molecule has 23 heavy (non-hydrogen) atoms. The number of ether oxygens (including phenoxy) is 1. The van der Waals surface area contributed by atoms with Crippen LogP contribution in [0.25, 0.3) is 10.1 Å². The van der Waals surface area contributed by atoms with Crippen molar-refractivity contribution in [3.05, 3.63) is 64.5 Å². The summed E-state index contributed by atoms with van der Waals surface area (Å²) in [5, 5.41) is 5.29. The van der Waals surface area contributed by atoms with Crippen LogP contribution in [0.5, 0.6) is 5.75 Å². The van der Waals surface area contributed by atoms with E-state index in [-0.39, 0.29) is 5.91 Å². The molecule has 0 fully saturated rings. The van der Waals surface area contributed by atoms with Gasteiger partial charge in [-0.25, -0.2) is 5.43 Å². The zero-order chi connectivity index (χ0) is 16.2. The lowest BCUT2D eigenvalue weighted by atomic mass is 10.1. The van der Waals surface area contributed by atoms with Gasteiger partial charge in [0, 0.05) is 10.3 Å². The van der Waals surface area contributed by atoms with Crippen molar-refractivity contribution >= 4 is 33.5 Å². The van der Waals surface area contributed by atoms with Crippen molar-refractivity contribution in [1.82, 2.24) is 5.43 Å². The lowest BCUT2D eigenvalue weighted by Crippen LogP contribution is -2.17. The van der Waals surface area contributed by atoms with Gasteiger partial charge in [-0.05, 0) is 48.2 Å². The zero-order valence-corrected chi connectivity index (χ0v) is 13.7. The summed E-state index contributed by atoms with van der Waals surface area (Å²) in [6, 6.07) is 15.1. The zero-order valence-electron chi connectivity index (χ0n) is 12.9. The third-order valence-corrected chi connectivity index (χ3v) is 4.79. The summed E-state index contributed by atoms with van der Waals surface area (Å²) >= 11 is 1.66. The van der Waals surface area contributed by atoms with Crippen LogP contribution < -0.4 is 10.2 Å². The summed E-state index contributed by atoms with van der Waals surface area (Å²) in [5.41, 5.74) is 4.26. The molecule has 0 atom stereocenters. The van der Waals surface area contributed by atoms with Crippen molar-refractivity contribution in [2.24, 2.45) is 5.10 Å². The van der Waals surface area contributed by atoms with Crippen LogP contribution in [0, 0.1) is 6.92 Å². The maximum Gasteiger partial charge on any atom is 0.271 e. The number of hydrogen-bond donors (Lipinski definition) is 1. The minimum Gasteiger partial charge on any atom is -0.497 e. The summed E-state index contributed by atoms with van der Waals surface area (Å²) in [6.45, 7) is 2.06. The van der Waals surface area contributed by atoms with Gasteiger partial charge < -0.3 is 4.74 Å². The first kappa shape index (κ1) is 15.2. The highest BCUT2D eigenvalue weighted by Gasteiger charge is 2.07. The number of carbonyl (C=O) groups is 1. The Balaban J connectivity index is 1.72. The number of hydrogen-bond acceptors (Lipinski definition) is 4. The molecule has 4 nitrogen and oxygen atoms in total. The van der Waals surface area contributed by atoms with Gasteiger partial charge in [0.15, 0.2) is 0 Å². The number of thiophene rings is 1. The van der Waals surface area contributed by atoms with Gasteiger partial charge >= 0.3 is 0 Å². The summed E-state index contributed by atoms with van der Waals surface area (Å²) in [5.74, 6) is 0.466. The fraction of sp³-hybridized carbons (Fsp3) is 0.111. The van der Waals surface area contributed by atoms with Crippen LogP contribution in [0.3, 0.4) is 0 Å². The molecule has 1 aromatic heterocycles. The predicted octanol–water partition coefficient (Wildman–Crippen LogP) is 3.98. The molecule has 3 rings (SSSR count). The highest BCUT2D eigenvalue weighted by Crippen LogP contribution is 2.29. The van der Waals surface area contributed by atoms with Gasteiger partial charge in [0.1, 0.15) is 5.75 Å². The molecule has 3 aromatic rings. The van der Waals surface area contributed by atoms with Crippen LogP contribution in [0.4, 0.5) is 0 Å². The standard InChI is InChI=1S/C18H16N2O2S/c1-12-15-5-3-4-6-16(15)23-17(12)11-19-20-18(21)13-7-9-14(22-2)10-8-13/h3-11H,1-2H3,(H,20,21)/b19-11+. The number of hydrazone groups is 1. The van der Waals surface area contributed by atoms with E-state index in [0.717, 1.165) is 4.88 Å². The number of benzene rings is 2. The second kappa shape index (κ2) is 6.62. The van der Waals surface area contributed by atoms with Crippen molar-refractivity contribution < 1.29 is 9.53 Å². The Morgan fingerprint density at radius 3 is 2.61 bits per heavy atom. The van der Waals surface area contributed by atoms with E-state index in [9.17, 15) is 4.79 Å². The third kappa shape index (κ3) is 3.24. The van der Waals surface area contributed by atoms with Crippen molar-refractivity contribution in [3.8, 4) is 5.75 Å². The highest BCUT2D eigenvalue weighted by molar-refractivity contribution is 7.20. The molecule has 0 bridgehead atoms. The van der Waals surface area contributed by atoms with Gasteiger partial charge in [0.25, 0.3) is 5.91 Å². The molecule has 1 N–H and O–H groups in total. The molecule has 0 spiro atoms. The van der Waals surface area contributed by atoms with E-state index < -0.39 is 0 Å². The van der Waals surface area contributed by atoms with Gasteiger partial charge in [-0.15, -0.1) is 11.3 Å². The average Bonchev–Trinajstić information content (AvgIpc) is 2.91. The third-order valence-electron chi connectivity index (χ3n) is 3.58. The molecule has 0 aliphatic heterocycles. The van der Waals surface area contributed by atoms with E-state index in [0.29, 0.717) is 11.3 Å². The Morgan fingerprint density at radius 1 is 1.17 bits per heavy atom. The number of nitrogens with zero attached hydrogens (tertiary/aromatic N) is 1. The number of carbonyl (C=O) groups excluding carboxylic acids is 1. The molecule has 0 saturated heterocycles. The van der Waals surface area contributed by atoms with Crippen LogP contribution in [0.15, 0.2) is 53.6 Å². The topological polar surface area (TPSA) is 50.7 Å². The molecule has 116 valence electrons. The molecular formula is C18H16N2O2S. The molecule has 1 amide bonds. The predicted molar refractivity (Wildman–Crippen MR) is 94.6 cm³/mol. The van der Waals surface area contributed by atoms with Crippen LogP contribution in [0.1, 0.15) is 20.8 Å². The first-order valence-corrected chi connectivity index (χ1v) is 7.96. The van der Waals surface area contributed by atoms with E-state index in [1.807, 2.05) is 12.1 Å². The SMILES string of the molecule is COc1ccc(C(=O)N/N=C/c2sc3ccccc3c2C)cc1. The van der Waals surface area contributed by atoms with Crippen molar-refractivity contribution in [2.45, 2.75) is 6.92 Å². The van der Waals surface area contributed by atoms with E-state index >= 15 is 0 Å². The maximum absolute atomic E-state index is 12.0. The Bertz CT molecular complexity index is 866. The van der Waals surface area contributed by atoms with Crippen LogP contribution in [-0.4, -0.2) is 19.2 Å². The van der Waals surface area contributed by atoms with Crippen molar-refractivity contribution in [1.29, 1.82) is 0 Å². The first-order valence-electron chi connectivity index (χ1n) is 7.14. The summed E-state index contributed by atoms with van der Waals surface area (Å²) in [4.78, 5) is 13.1. The quantitative estimate of drug-likeness (QED) is 0.583. The fourth-order valence-electron chi connectivity index (χ4n) is 2.27. The van der Waals surface area contributed by atoms with Crippen LogP contribution >= 0.6 is 11.3 Å². The second-order valence-electron chi connectivity index (χ2n) is 5.02. The summed E-state index contributed by atoms with van der Waals surface area (Å²) in [6.07, 6.45) is 1.70. The normalized spacial score (nSPS) is 11.0. The Hall–Kier alpha value is -2.66. The maximum atomic E-state index is 12.0. The van der Waals surface area contributed by atoms with Crippen molar-refractivity contribution in [2.75, 3.05) is 7.11 Å². The van der Waals surface area contributed by atoms with Gasteiger partial charge in [-0.1, -0.05) is 18.2 Å². The second-order valence-corrected chi connectivity index (χ2v) is 6.10. The number of methoxy groups -OCH3 is 1. The Morgan fingerprint density at radius 2 is 1.91 bits per heavy atom. The van der Waals surface area contributed by atoms with Crippen LogP contribution in [-0.2, 0) is 0 Å². The monoisotopic (exact) mass is 324 g/mol. The largest absolute Gasteiger partial charge is 0.497 e. The molecule has 2 aromatic carbocycles. The number of nitrogens with one attached hydrogen (secondary N) is 1. The molecular weight excluding hydrogens is 308 g/mol. The molecule has 0 radical (unpaired) electrons. The number of rotatable bonds is 4. The lowest BCUT2D eigenvalue weighted by Gasteiger charge is -2.01. The Labute approximate surface area is 138 Å². The minimum atomic E-state index is -0.248. The Kier molecular flexibility index (Phi) is 4.39. The molecule has 1 heterocycles. The average molecular weight is 324 g/mol.